The molecule has 90 valence electrons. The van der Waals surface area contributed by atoms with Gasteiger partial charge in [-0.3, -0.25) is 0 Å². The fourth-order valence-corrected chi connectivity index (χ4v) is 6.13. The lowest BCUT2D eigenvalue weighted by atomic mass is 9.47. The van der Waals surface area contributed by atoms with Crippen molar-refractivity contribution in [2.75, 3.05) is 6.54 Å². The summed E-state index contributed by atoms with van der Waals surface area (Å²) in [5.41, 5.74) is 6.04. The van der Waals surface area contributed by atoms with Gasteiger partial charge in [-0.25, -0.2) is 0 Å². The largest absolute Gasteiger partial charge is 0.330 e. The zero-order valence-corrected chi connectivity index (χ0v) is 10.3. The summed E-state index contributed by atoms with van der Waals surface area (Å²) in [4.78, 5) is 0. The first-order valence-corrected chi connectivity index (χ1v) is 7.55. The van der Waals surface area contributed by atoms with Gasteiger partial charge in [0, 0.05) is 0 Å². The number of fused-ring (bicyclic) bond motifs is 2. The quantitative estimate of drug-likeness (QED) is 0.720. The van der Waals surface area contributed by atoms with E-state index in [4.69, 9.17) is 5.73 Å². The molecule has 1 heteroatoms. The molecule has 0 heterocycles. The molecule has 16 heavy (non-hydrogen) atoms. The van der Waals surface area contributed by atoms with E-state index in [9.17, 15) is 0 Å². The Bertz CT molecular complexity index is 282. The molecule has 0 saturated heterocycles. The minimum absolute atomic E-state index is 0.896. The van der Waals surface area contributed by atoms with Gasteiger partial charge < -0.3 is 5.73 Å². The van der Waals surface area contributed by atoms with Gasteiger partial charge in [-0.2, -0.15) is 0 Å². The van der Waals surface area contributed by atoms with Crippen molar-refractivity contribution in [2.24, 2.45) is 47.2 Å². The second kappa shape index (κ2) is 3.48. The Kier molecular flexibility index (Phi) is 2.16. The number of rotatable bonds is 1. The smallest absolute Gasteiger partial charge is 0.00460 e. The number of hydrogen-bond acceptors (Lipinski definition) is 1. The highest BCUT2D eigenvalue weighted by atomic mass is 14.6. The maximum atomic E-state index is 6.04. The monoisotopic (exact) mass is 219 g/mol. The summed E-state index contributed by atoms with van der Waals surface area (Å²) in [5, 5.41) is 0. The predicted octanol–water partition coefficient (Wildman–Crippen LogP) is 3.04. The molecule has 0 amide bonds. The molecule has 1 nitrogen and oxygen atoms in total. The molecule has 0 aromatic heterocycles. The minimum Gasteiger partial charge on any atom is -0.330 e. The Labute approximate surface area is 99.2 Å². The topological polar surface area (TPSA) is 26.0 Å². The Morgan fingerprint density at radius 2 is 1.56 bits per heavy atom. The lowest BCUT2D eigenvalue weighted by molar-refractivity contribution is -0.0887. The molecule has 4 bridgehead atoms. The lowest BCUT2D eigenvalue weighted by Gasteiger charge is -2.59. The molecule has 0 aliphatic heterocycles. The first kappa shape index (κ1) is 9.94. The van der Waals surface area contributed by atoms with Gasteiger partial charge in [0.25, 0.3) is 0 Å². The van der Waals surface area contributed by atoms with E-state index in [0.717, 1.165) is 48.0 Å². The summed E-state index contributed by atoms with van der Waals surface area (Å²) >= 11 is 0. The van der Waals surface area contributed by atoms with Crippen LogP contribution in [0.15, 0.2) is 0 Å². The fraction of sp³-hybridized carbons (Fsp3) is 1.00. The van der Waals surface area contributed by atoms with Crippen LogP contribution >= 0.6 is 0 Å². The molecule has 4 saturated carbocycles. The van der Waals surface area contributed by atoms with Crippen molar-refractivity contribution in [3.8, 4) is 0 Å². The lowest BCUT2D eigenvalue weighted by Crippen LogP contribution is -2.51. The summed E-state index contributed by atoms with van der Waals surface area (Å²) in [6.45, 7) is 0.974. The average molecular weight is 219 g/mol. The first-order valence-electron chi connectivity index (χ1n) is 7.55. The standard InChI is InChI=1S/C15H25N/c16-8-12-4-10-3-11-2-1-9-5-13(11)15(7-10)14(12)6-9/h9-15H,1-8,16H2. The molecule has 7 unspecified atom stereocenters. The van der Waals surface area contributed by atoms with Crippen LogP contribution in [-0.4, -0.2) is 6.54 Å². The zero-order chi connectivity index (χ0) is 10.7. The van der Waals surface area contributed by atoms with Crippen molar-refractivity contribution in [3.05, 3.63) is 0 Å². The maximum Gasteiger partial charge on any atom is -0.00460 e. The van der Waals surface area contributed by atoms with E-state index in [2.05, 4.69) is 0 Å². The molecule has 4 rings (SSSR count). The number of nitrogens with two attached hydrogens (primary N) is 1. The van der Waals surface area contributed by atoms with Gasteiger partial charge >= 0.3 is 0 Å². The van der Waals surface area contributed by atoms with E-state index >= 15 is 0 Å². The van der Waals surface area contributed by atoms with E-state index in [0.29, 0.717) is 0 Å². The van der Waals surface area contributed by atoms with Crippen LogP contribution in [-0.2, 0) is 0 Å². The minimum atomic E-state index is 0.896. The van der Waals surface area contributed by atoms with Gasteiger partial charge in [0.15, 0.2) is 0 Å². The first-order chi connectivity index (χ1) is 7.85. The molecule has 4 aliphatic rings. The van der Waals surface area contributed by atoms with E-state index in [1.165, 1.54) is 6.42 Å². The number of hydrogen-bond donors (Lipinski definition) is 1. The molecule has 7 atom stereocenters. The van der Waals surface area contributed by atoms with Crippen molar-refractivity contribution in [1.82, 2.24) is 0 Å². The molecule has 2 N–H and O–H groups in total. The van der Waals surface area contributed by atoms with Crippen molar-refractivity contribution in [2.45, 2.75) is 44.9 Å². The summed E-state index contributed by atoms with van der Waals surface area (Å²) in [6, 6.07) is 0. The Balaban J connectivity index is 1.69. The van der Waals surface area contributed by atoms with E-state index in [-0.39, 0.29) is 0 Å². The van der Waals surface area contributed by atoms with E-state index in [1.54, 1.807) is 38.5 Å². The normalized spacial score (nSPS) is 58.7. The van der Waals surface area contributed by atoms with Crippen molar-refractivity contribution < 1.29 is 0 Å². The third-order valence-electron chi connectivity index (χ3n) is 6.65. The summed E-state index contributed by atoms with van der Waals surface area (Å²) in [5.74, 6) is 7.44. The molecule has 0 aromatic rings. The van der Waals surface area contributed by atoms with Crippen molar-refractivity contribution in [3.63, 3.8) is 0 Å². The third kappa shape index (κ3) is 1.27. The second-order valence-electron chi connectivity index (χ2n) is 7.24. The summed E-state index contributed by atoms with van der Waals surface area (Å²) < 4.78 is 0. The van der Waals surface area contributed by atoms with Crippen LogP contribution in [0.2, 0.25) is 0 Å². The third-order valence-corrected chi connectivity index (χ3v) is 6.65. The van der Waals surface area contributed by atoms with Crippen LogP contribution in [0.25, 0.3) is 0 Å². The van der Waals surface area contributed by atoms with Gasteiger partial charge in [-0.05, 0) is 86.5 Å². The Hall–Kier alpha value is -0.0400. The molecular formula is C15H25N. The molecular weight excluding hydrogens is 194 g/mol. The highest BCUT2D eigenvalue weighted by Crippen LogP contribution is 2.61. The van der Waals surface area contributed by atoms with Crippen molar-refractivity contribution >= 4 is 0 Å². The predicted molar refractivity (Wildman–Crippen MR) is 65.8 cm³/mol. The van der Waals surface area contributed by atoms with Crippen LogP contribution in [0.3, 0.4) is 0 Å². The van der Waals surface area contributed by atoms with Crippen LogP contribution in [0, 0.1) is 41.4 Å². The van der Waals surface area contributed by atoms with Crippen LogP contribution < -0.4 is 5.73 Å². The van der Waals surface area contributed by atoms with Crippen LogP contribution in [0.5, 0.6) is 0 Å². The Morgan fingerprint density at radius 3 is 2.44 bits per heavy atom. The van der Waals surface area contributed by atoms with Gasteiger partial charge in [-0.15, -0.1) is 0 Å². The molecule has 4 fully saturated rings. The van der Waals surface area contributed by atoms with E-state index in [1.807, 2.05) is 0 Å². The van der Waals surface area contributed by atoms with E-state index < -0.39 is 0 Å². The van der Waals surface area contributed by atoms with Gasteiger partial charge in [-0.1, -0.05) is 6.42 Å². The molecule has 0 spiro atoms. The zero-order valence-electron chi connectivity index (χ0n) is 10.3. The van der Waals surface area contributed by atoms with Crippen LogP contribution in [0.4, 0.5) is 0 Å². The highest BCUT2D eigenvalue weighted by Gasteiger charge is 2.52. The van der Waals surface area contributed by atoms with Gasteiger partial charge in [0.05, 0.1) is 0 Å². The molecule has 0 radical (unpaired) electrons. The summed E-state index contributed by atoms with van der Waals surface area (Å²) in [7, 11) is 0. The highest BCUT2D eigenvalue weighted by molar-refractivity contribution is 5.02. The second-order valence-corrected chi connectivity index (χ2v) is 7.24. The van der Waals surface area contributed by atoms with Crippen LogP contribution in [0.1, 0.15) is 44.9 Å². The summed E-state index contributed by atoms with van der Waals surface area (Å²) in [6.07, 6.45) is 10.9. The SMILES string of the molecule is NCC1CC2CC3CCC4CC1C(C2)C3C4. The van der Waals surface area contributed by atoms with Gasteiger partial charge in [0.1, 0.15) is 0 Å². The Morgan fingerprint density at radius 1 is 0.750 bits per heavy atom. The fourth-order valence-electron chi connectivity index (χ4n) is 6.13. The molecule has 4 aliphatic carbocycles. The maximum absolute atomic E-state index is 6.04. The van der Waals surface area contributed by atoms with Gasteiger partial charge in [0.2, 0.25) is 0 Å². The van der Waals surface area contributed by atoms with Crippen molar-refractivity contribution in [1.29, 1.82) is 0 Å². The average Bonchev–Trinajstić information content (AvgIpc) is 2.35. The molecule has 0 aromatic carbocycles.